The lowest BCUT2D eigenvalue weighted by Crippen LogP contribution is -2.20. The third kappa shape index (κ3) is 2.23. The number of benzene rings is 1. The van der Waals surface area contributed by atoms with Crippen molar-refractivity contribution in [1.29, 1.82) is 0 Å². The van der Waals surface area contributed by atoms with Gasteiger partial charge in [0.2, 0.25) is 6.54 Å². The van der Waals surface area contributed by atoms with Gasteiger partial charge in [0.05, 0.1) is 5.41 Å². The minimum Gasteiger partial charge on any atom is -0.316 e. The Balaban J connectivity index is 3.08. The Morgan fingerprint density at radius 2 is 2.00 bits per heavy atom. The Hall–Kier alpha value is -1.00. The quantitative estimate of drug-likeness (QED) is 0.633. The highest BCUT2D eigenvalue weighted by Gasteiger charge is 2.25. The van der Waals surface area contributed by atoms with Gasteiger partial charge in [-0.1, -0.05) is 29.8 Å². The molecule has 68 valence electrons. The molecule has 0 aliphatic heterocycles. The van der Waals surface area contributed by atoms with E-state index in [1.54, 1.807) is 0 Å². The molecule has 0 heterocycles. The van der Waals surface area contributed by atoms with E-state index < -0.39 is 0 Å². The maximum atomic E-state index is 6.86. The zero-order valence-corrected chi connectivity index (χ0v) is 8.60. The van der Waals surface area contributed by atoms with E-state index in [-0.39, 0.29) is 5.41 Å². The van der Waals surface area contributed by atoms with E-state index in [2.05, 4.69) is 4.85 Å². The molecule has 1 nitrogen and oxygen atoms in total. The summed E-state index contributed by atoms with van der Waals surface area (Å²) in [5, 5.41) is 0.746. The van der Waals surface area contributed by atoms with Crippen molar-refractivity contribution in [3.05, 3.63) is 46.3 Å². The molecule has 0 bridgehead atoms. The highest BCUT2D eigenvalue weighted by Crippen LogP contribution is 2.29. The minimum absolute atomic E-state index is 0.153. The highest BCUT2D eigenvalue weighted by molar-refractivity contribution is 6.31. The lowest BCUT2D eigenvalue weighted by molar-refractivity contribution is 0.573. The smallest absolute Gasteiger partial charge is 0.223 e. The Kier molecular flexibility index (Phi) is 2.95. The van der Waals surface area contributed by atoms with E-state index in [4.69, 9.17) is 18.2 Å². The van der Waals surface area contributed by atoms with Crippen molar-refractivity contribution in [1.82, 2.24) is 0 Å². The van der Waals surface area contributed by atoms with Crippen LogP contribution in [0.3, 0.4) is 0 Å². The zero-order valence-electron chi connectivity index (χ0n) is 7.84. The minimum atomic E-state index is -0.153. The lowest BCUT2D eigenvalue weighted by atomic mass is 9.85. The van der Waals surface area contributed by atoms with Crippen molar-refractivity contribution in [3.63, 3.8) is 0 Å². The fourth-order valence-electron chi connectivity index (χ4n) is 1.29. The van der Waals surface area contributed by atoms with Crippen molar-refractivity contribution >= 4 is 11.6 Å². The van der Waals surface area contributed by atoms with Gasteiger partial charge in [-0.05, 0) is 25.5 Å². The Labute approximate surface area is 84.2 Å². The van der Waals surface area contributed by atoms with E-state index in [9.17, 15) is 0 Å². The van der Waals surface area contributed by atoms with Crippen LogP contribution in [0, 0.1) is 6.57 Å². The molecule has 0 fully saturated rings. The molecule has 0 saturated heterocycles. The molecule has 0 atom stereocenters. The predicted octanol–water partition coefficient (Wildman–Crippen LogP) is 3.54. The second kappa shape index (κ2) is 3.81. The molecule has 0 radical (unpaired) electrons. The first-order chi connectivity index (χ1) is 6.08. The van der Waals surface area contributed by atoms with Crippen molar-refractivity contribution in [2.75, 3.05) is 6.54 Å². The summed E-state index contributed by atoms with van der Waals surface area (Å²) >= 11 is 6.04. The first-order valence-electron chi connectivity index (χ1n) is 4.16. The first-order valence-corrected chi connectivity index (χ1v) is 4.54. The van der Waals surface area contributed by atoms with Gasteiger partial charge in [0.15, 0.2) is 0 Å². The van der Waals surface area contributed by atoms with Gasteiger partial charge in [-0.25, -0.2) is 6.57 Å². The number of rotatable bonds is 2. The third-order valence-electron chi connectivity index (χ3n) is 2.08. The number of nitrogens with zero attached hydrogens (tertiary/aromatic N) is 1. The van der Waals surface area contributed by atoms with Crippen LogP contribution in [0.5, 0.6) is 0 Å². The van der Waals surface area contributed by atoms with Gasteiger partial charge in [0, 0.05) is 5.02 Å². The molecule has 13 heavy (non-hydrogen) atoms. The van der Waals surface area contributed by atoms with E-state index in [1.165, 1.54) is 0 Å². The molecule has 0 aliphatic carbocycles. The van der Waals surface area contributed by atoms with E-state index in [1.807, 2.05) is 38.1 Å². The van der Waals surface area contributed by atoms with Crippen molar-refractivity contribution in [2.45, 2.75) is 19.3 Å². The van der Waals surface area contributed by atoms with Crippen LogP contribution >= 0.6 is 11.6 Å². The van der Waals surface area contributed by atoms with Crippen LogP contribution in [-0.4, -0.2) is 6.54 Å². The SMILES string of the molecule is [C-]#[N+]CC(C)(C)c1ccccc1Cl. The molecule has 1 aromatic carbocycles. The molecule has 0 saturated carbocycles. The topological polar surface area (TPSA) is 4.36 Å². The summed E-state index contributed by atoms with van der Waals surface area (Å²) in [5.41, 5.74) is 0.896. The molecule has 0 aliphatic rings. The zero-order chi connectivity index (χ0) is 9.90. The van der Waals surface area contributed by atoms with Gasteiger partial charge < -0.3 is 4.85 Å². The summed E-state index contributed by atoms with van der Waals surface area (Å²) in [4.78, 5) is 3.42. The third-order valence-corrected chi connectivity index (χ3v) is 2.41. The molecule has 0 unspecified atom stereocenters. The van der Waals surface area contributed by atoms with Gasteiger partial charge in [-0.3, -0.25) is 0 Å². The summed E-state index contributed by atoms with van der Waals surface area (Å²) in [7, 11) is 0. The van der Waals surface area contributed by atoms with Crippen LogP contribution in [0.4, 0.5) is 0 Å². The van der Waals surface area contributed by atoms with Crippen molar-refractivity contribution < 1.29 is 0 Å². The normalized spacial score (nSPS) is 10.9. The summed E-state index contributed by atoms with van der Waals surface area (Å²) in [6, 6.07) is 7.70. The Morgan fingerprint density at radius 3 is 2.54 bits per heavy atom. The van der Waals surface area contributed by atoms with Gasteiger partial charge in [-0.15, -0.1) is 0 Å². The van der Waals surface area contributed by atoms with Crippen LogP contribution < -0.4 is 0 Å². The Bertz CT molecular complexity index is 336. The standard InChI is InChI=1S/C11H12ClN/c1-11(2,8-13-3)9-6-4-5-7-10(9)12/h4-7H,8H2,1-2H3. The van der Waals surface area contributed by atoms with Gasteiger partial charge >= 0.3 is 0 Å². The average Bonchev–Trinajstić information content (AvgIpc) is 2.04. The van der Waals surface area contributed by atoms with Crippen LogP contribution in [0.15, 0.2) is 24.3 Å². The second-order valence-electron chi connectivity index (χ2n) is 3.68. The second-order valence-corrected chi connectivity index (χ2v) is 4.09. The average molecular weight is 194 g/mol. The molecule has 0 aromatic heterocycles. The molecular weight excluding hydrogens is 182 g/mol. The van der Waals surface area contributed by atoms with Gasteiger partial charge in [0.25, 0.3) is 0 Å². The maximum absolute atomic E-state index is 6.86. The molecular formula is C11H12ClN. The summed E-state index contributed by atoms with van der Waals surface area (Å²) in [6.45, 7) is 11.4. The molecule has 2 heteroatoms. The van der Waals surface area contributed by atoms with Crippen LogP contribution in [-0.2, 0) is 5.41 Å². The fourth-order valence-corrected chi connectivity index (χ4v) is 1.68. The molecule has 1 aromatic rings. The van der Waals surface area contributed by atoms with Crippen LogP contribution in [0.1, 0.15) is 19.4 Å². The first kappa shape index (κ1) is 10.1. The molecule has 1 rings (SSSR count). The number of hydrogen-bond acceptors (Lipinski definition) is 0. The Morgan fingerprint density at radius 1 is 1.38 bits per heavy atom. The number of hydrogen-bond donors (Lipinski definition) is 0. The van der Waals surface area contributed by atoms with Gasteiger partial charge in [0.1, 0.15) is 0 Å². The molecule has 0 amide bonds. The lowest BCUT2D eigenvalue weighted by Gasteiger charge is -2.19. The van der Waals surface area contributed by atoms with Crippen LogP contribution in [0.2, 0.25) is 5.02 Å². The fraction of sp³-hybridized carbons (Fsp3) is 0.364. The number of halogens is 1. The van der Waals surface area contributed by atoms with Crippen molar-refractivity contribution in [2.24, 2.45) is 0 Å². The van der Waals surface area contributed by atoms with E-state index >= 15 is 0 Å². The summed E-state index contributed by atoms with van der Waals surface area (Å²) < 4.78 is 0. The largest absolute Gasteiger partial charge is 0.316 e. The monoisotopic (exact) mass is 193 g/mol. The summed E-state index contributed by atoms with van der Waals surface area (Å²) in [6.07, 6.45) is 0. The predicted molar refractivity (Wildman–Crippen MR) is 55.9 cm³/mol. The molecule has 0 N–H and O–H groups in total. The molecule has 0 spiro atoms. The van der Waals surface area contributed by atoms with E-state index in [0.717, 1.165) is 10.6 Å². The van der Waals surface area contributed by atoms with Gasteiger partial charge in [-0.2, -0.15) is 0 Å². The highest BCUT2D eigenvalue weighted by atomic mass is 35.5. The van der Waals surface area contributed by atoms with Crippen LogP contribution in [0.25, 0.3) is 4.85 Å². The maximum Gasteiger partial charge on any atom is 0.223 e. The van der Waals surface area contributed by atoms with Crippen molar-refractivity contribution in [3.8, 4) is 0 Å². The van der Waals surface area contributed by atoms with E-state index in [0.29, 0.717) is 6.54 Å². The summed E-state index contributed by atoms with van der Waals surface area (Å²) in [5.74, 6) is 0.